The summed E-state index contributed by atoms with van der Waals surface area (Å²) in [6.45, 7) is 2.23. The Balaban J connectivity index is 2.15. The summed E-state index contributed by atoms with van der Waals surface area (Å²) >= 11 is 6.82. The van der Waals surface area contributed by atoms with Crippen LogP contribution in [0.4, 0.5) is 0 Å². The molecule has 0 heterocycles. The normalized spacial score (nSPS) is 12.3. The highest BCUT2D eigenvalue weighted by molar-refractivity contribution is 7.17. The standard InChI is InChI=1S/C28H25ClSi/c1-23(24-14-6-2-7-15-24)28(22-29)30(25-16-8-3-9-17-25,26-18-10-4-11-19-26)27-20-12-5-13-21-27/h2-21H,22H2,1H3/b28-23-. The second-order valence-electron chi connectivity index (χ2n) is 7.45. The Kier molecular flexibility index (Phi) is 6.32. The van der Waals surface area contributed by atoms with E-state index in [0.717, 1.165) is 0 Å². The van der Waals surface area contributed by atoms with Crippen LogP contribution < -0.4 is 15.6 Å². The molecule has 0 aliphatic rings. The third kappa shape index (κ3) is 3.67. The first-order chi connectivity index (χ1) is 14.8. The molecule has 0 nitrogen and oxygen atoms in total. The lowest BCUT2D eigenvalue weighted by Gasteiger charge is -2.37. The molecule has 4 aromatic rings. The number of alkyl halides is 1. The maximum absolute atomic E-state index is 6.82. The van der Waals surface area contributed by atoms with Crippen LogP contribution in [-0.4, -0.2) is 14.0 Å². The van der Waals surface area contributed by atoms with Crippen molar-refractivity contribution < 1.29 is 0 Å². The smallest absolute Gasteiger partial charge is 0.122 e. The molecular formula is C28H25ClSi. The van der Waals surface area contributed by atoms with E-state index in [1.165, 1.54) is 31.9 Å². The van der Waals surface area contributed by atoms with Gasteiger partial charge in [-0.1, -0.05) is 121 Å². The van der Waals surface area contributed by atoms with Crippen molar-refractivity contribution in [2.45, 2.75) is 6.92 Å². The van der Waals surface area contributed by atoms with Crippen molar-refractivity contribution in [1.82, 2.24) is 0 Å². The minimum absolute atomic E-state index is 0.492. The molecular weight excluding hydrogens is 400 g/mol. The van der Waals surface area contributed by atoms with Crippen LogP contribution in [0.1, 0.15) is 12.5 Å². The highest BCUT2D eigenvalue weighted by Gasteiger charge is 2.43. The van der Waals surface area contributed by atoms with Crippen LogP contribution in [0, 0.1) is 0 Å². The topological polar surface area (TPSA) is 0 Å². The molecule has 4 rings (SSSR count). The molecule has 148 valence electrons. The lowest BCUT2D eigenvalue weighted by atomic mass is 10.1. The van der Waals surface area contributed by atoms with Gasteiger partial charge in [-0.15, -0.1) is 11.6 Å². The van der Waals surface area contributed by atoms with E-state index < -0.39 is 8.07 Å². The van der Waals surface area contributed by atoms with E-state index in [-0.39, 0.29) is 0 Å². The molecule has 0 unspecified atom stereocenters. The second kappa shape index (κ2) is 9.29. The fourth-order valence-electron chi connectivity index (χ4n) is 4.43. The molecule has 0 N–H and O–H groups in total. The molecule has 0 radical (unpaired) electrons. The molecule has 0 atom stereocenters. The Hall–Kier alpha value is -2.87. The van der Waals surface area contributed by atoms with E-state index in [9.17, 15) is 0 Å². The molecule has 4 aromatic carbocycles. The van der Waals surface area contributed by atoms with Crippen molar-refractivity contribution in [1.29, 1.82) is 0 Å². The molecule has 0 spiro atoms. The van der Waals surface area contributed by atoms with Crippen LogP contribution in [-0.2, 0) is 0 Å². The molecule has 0 aliphatic carbocycles. The summed E-state index contributed by atoms with van der Waals surface area (Å²) in [7, 11) is -2.55. The van der Waals surface area contributed by atoms with Gasteiger partial charge in [-0.25, -0.2) is 0 Å². The van der Waals surface area contributed by atoms with E-state index in [4.69, 9.17) is 11.6 Å². The van der Waals surface area contributed by atoms with E-state index in [1.807, 2.05) is 0 Å². The molecule has 0 fully saturated rings. The Morgan fingerprint density at radius 1 is 0.567 bits per heavy atom. The number of hydrogen-bond donors (Lipinski definition) is 0. The predicted octanol–water partition coefficient (Wildman–Crippen LogP) is 5.41. The lowest BCUT2D eigenvalue weighted by molar-refractivity contribution is 1.49. The quantitative estimate of drug-likeness (QED) is 0.220. The molecule has 0 saturated carbocycles. The number of allylic oxidation sites excluding steroid dienone is 2. The Bertz CT molecular complexity index is 1010. The van der Waals surface area contributed by atoms with E-state index in [1.54, 1.807) is 0 Å². The largest absolute Gasteiger partial charge is 0.177 e. The summed E-state index contributed by atoms with van der Waals surface area (Å²) in [5.41, 5.74) is 2.50. The van der Waals surface area contributed by atoms with Crippen molar-refractivity contribution in [2.24, 2.45) is 0 Å². The van der Waals surface area contributed by atoms with E-state index in [0.29, 0.717) is 5.88 Å². The van der Waals surface area contributed by atoms with Gasteiger partial charge in [-0.2, -0.15) is 0 Å². The van der Waals surface area contributed by atoms with Crippen LogP contribution in [0.25, 0.3) is 5.57 Å². The van der Waals surface area contributed by atoms with Crippen LogP contribution in [0.2, 0.25) is 0 Å². The Morgan fingerprint density at radius 3 is 1.23 bits per heavy atom. The van der Waals surface area contributed by atoms with Crippen LogP contribution >= 0.6 is 11.6 Å². The van der Waals surface area contributed by atoms with Crippen LogP contribution in [0.5, 0.6) is 0 Å². The monoisotopic (exact) mass is 424 g/mol. The first kappa shape index (κ1) is 20.4. The van der Waals surface area contributed by atoms with Crippen LogP contribution in [0.3, 0.4) is 0 Å². The lowest BCUT2D eigenvalue weighted by Crippen LogP contribution is -2.69. The van der Waals surface area contributed by atoms with Gasteiger partial charge in [0.1, 0.15) is 0 Å². The van der Waals surface area contributed by atoms with Gasteiger partial charge in [0, 0.05) is 5.88 Å². The molecule has 2 heteroatoms. The van der Waals surface area contributed by atoms with Gasteiger partial charge in [-0.3, -0.25) is 0 Å². The first-order valence-corrected chi connectivity index (χ1v) is 12.8. The van der Waals surface area contributed by atoms with Gasteiger partial charge in [0.2, 0.25) is 0 Å². The number of halogens is 1. The highest BCUT2D eigenvalue weighted by atomic mass is 35.5. The first-order valence-electron chi connectivity index (χ1n) is 10.3. The Morgan fingerprint density at radius 2 is 0.900 bits per heavy atom. The van der Waals surface area contributed by atoms with Crippen molar-refractivity contribution in [3.63, 3.8) is 0 Å². The third-order valence-corrected chi connectivity index (χ3v) is 11.4. The number of rotatable bonds is 6. The third-order valence-electron chi connectivity index (χ3n) is 5.87. The fourth-order valence-corrected chi connectivity index (χ4v) is 10.3. The van der Waals surface area contributed by atoms with Gasteiger partial charge in [0.05, 0.1) is 0 Å². The molecule has 0 saturated heterocycles. The summed E-state index contributed by atoms with van der Waals surface area (Å²) in [6.07, 6.45) is 0. The van der Waals surface area contributed by atoms with Crippen LogP contribution in [0.15, 0.2) is 127 Å². The zero-order valence-electron chi connectivity index (χ0n) is 17.1. The maximum atomic E-state index is 6.82. The SMILES string of the molecule is C/C(=C(\CCl)[Si](c1ccccc1)(c1ccccc1)c1ccccc1)c1ccccc1. The molecule has 0 aliphatic heterocycles. The zero-order chi connectivity index (χ0) is 20.8. The minimum Gasteiger partial charge on any atom is -0.122 e. The fraction of sp³-hybridized carbons (Fsp3) is 0.0714. The average molecular weight is 425 g/mol. The highest BCUT2D eigenvalue weighted by Crippen LogP contribution is 2.27. The minimum atomic E-state index is -2.55. The van der Waals surface area contributed by atoms with Gasteiger partial charge < -0.3 is 0 Å². The molecule has 0 bridgehead atoms. The van der Waals surface area contributed by atoms with Crippen molar-refractivity contribution in [3.05, 3.63) is 132 Å². The molecule has 30 heavy (non-hydrogen) atoms. The zero-order valence-corrected chi connectivity index (χ0v) is 18.9. The summed E-state index contributed by atoms with van der Waals surface area (Å²) in [5, 5.41) is 5.40. The van der Waals surface area contributed by atoms with Gasteiger partial charge in [0.15, 0.2) is 8.07 Å². The molecule has 0 amide bonds. The van der Waals surface area contributed by atoms with E-state index >= 15 is 0 Å². The van der Waals surface area contributed by atoms with Gasteiger partial charge in [-0.05, 0) is 38.8 Å². The van der Waals surface area contributed by atoms with Crippen molar-refractivity contribution >= 4 is 40.8 Å². The van der Waals surface area contributed by atoms with Gasteiger partial charge in [0.25, 0.3) is 0 Å². The molecule has 0 aromatic heterocycles. The van der Waals surface area contributed by atoms with Crippen molar-refractivity contribution in [2.75, 3.05) is 5.88 Å². The number of hydrogen-bond acceptors (Lipinski definition) is 0. The summed E-state index contributed by atoms with van der Waals surface area (Å²) in [6, 6.07) is 43.4. The Labute approximate surface area is 185 Å². The summed E-state index contributed by atoms with van der Waals surface area (Å²) in [4.78, 5) is 0. The van der Waals surface area contributed by atoms with Gasteiger partial charge >= 0.3 is 0 Å². The average Bonchev–Trinajstić information content (AvgIpc) is 2.84. The van der Waals surface area contributed by atoms with Crippen molar-refractivity contribution in [3.8, 4) is 0 Å². The summed E-state index contributed by atoms with van der Waals surface area (Å²) < 4.78 is 0. The predicted molar refractivity (Wildman–Crippen MR) is 134 cm³/mol. The van der Waals surface area contributed by atoms with E-state index in [2.05, 4.69) is 128 Å². The number of benzene rings is 4. The maximum Gasteiger partial charge on any atom is 0.177 e. The second-order valence-corrected chi connectivity index (χ2v) is 11.6. The summed E-state index contributed by atoms with van der Waals surface area (Å²) in [5.74, 6) is 0.492.